The van der Waals surface area contributed by atoms with E-state index in [9.17, 15) is 0 Å². The minimum Gasteiger partial charge on any atom is -0.456 e. The zero-order valence-electron chi connectivity index (χ0n) is 26.3. The summed E-state index contributed by atoms with van der Waals surface area (Å²) >= 11 is 0. The molecule has 0 bridgehead atoms. The molecule has 0 aliphatic heterocycles. The quantitative estimate of drug-likeness (QED) is 0.183. The lowest BCUT2D eigenvalue weighted by molar-refractivity contribution is 0.669. The zero-order chi connectivity index (χ0) is 32.3. The van der Waals surface area contributed by atoms with Gasteiger partial charge in [0, 0.05) is 27.5 Å². The minimum atomic E-state index is 0.608. The average molecular weight is 626 g/mol. The minimum absolute atomic E-state index is 0.608. The Hall–Kier alpha value is -6.65. The van der Waals surface area contributed by atoms with E-state index in [4.69, 9.17) is 19.4 Å². The number of furan rings is 1. The largest absolute Gasteiger partial charge is 0.456 e. The van der Waals surface area contributed by atoms with Crippen LogP contribution in [0.15, 0.2) is 168 Å². The Labute approximate surface area is 282 Å². The van der Waals surface area contributed by atoms with Gasteiger partial charge in [0.15, 0.2) is 17.5 Å². The van der Waals surface area contributed by atoms with Gasteiger partial charge >= 0.3 is 0 Å². The van der Waals surface area contributed by atoms with Gasteiger partial charge < -0.3 is 4.42 Å². The van der Waals surface area contributed by atoms with E-state index in [1.54, 1.807) is 0 Å². The summed E-state index contributed by atoms with van der Waals surface area (Å²) in [5.41, 5.74) is 6.66. The third kappa shape index (κ3) is 4.57. The van der Waals surface area contributed by atoms with Crippen molar-refractivity contribution in [2.24, 2.45) is 0 Å². The van der Waals surface area contributed by atoms with Gasteiger partial charge in [-0.05, 0) is 67.7 Å². The van der Waals surface area contributed by atoms with Crippen LogP contribution >= 0.6 is 0 Å². The highest BCUT2D eigenvalue weighted by atomic mass is 16.3. The van der Waals surface area contributed by atoms with Gasteiger partial charge in [0.2, 0.25) is 0 Å². The van der Waals surface area contributed by atoms with Crippen LogP contribution in [0.3, 0.4) is 0 Å². The molecule has 4 nitrogen and oxygen atoms in total. The first-order valence-corrected chi connectivity index (χ1v) is 16.4. The molecular weight excluding hydrogens is 599 g/mol. The van der Waals surface area contributed by atoms with Crippen molar-refractivity contribution in [3.05, 3.63) is 164 Å². The highest BCUT2D eigenvalue weighted by molar-refractivity contribution is 6.17. The average Bonchev–Trinajstić information content (AvgIpc) is 3.57. The summed E-state index contributed by atoms with van der Waals surface area (Å²) in [4.78, 5) is 15.2. The van der Waals surface area contributed by atoms with Crippen LogP contribution in [-0.2, 0) is 0 Å². The third-order valence-corrected chi connectivity index (χ3v) is 9.51. The van der Waals surface area contributed by atoms with Crippen molar-refractivity contribution < 1.29 is 4.42 Å². The van der Waals surface area contributed by atoms with Crippen molar-refractivity contribution in [1.29, 1.82) is 0 Å². The van der Waals surface area contributed by atoms with Gasteiger partial charge in [-0.2, -0.15) is 0 Å². The van der Waals surface area contributed by atoms with Gasteiger partial charge in [0.1, 0.15) is 11.2 Å². The van der Waals surface area contributed by atoms with E-state index >= 15 is 0 Å². The second-order valence-corrected chi connectivity index (χ2v) is 12.4. The van der Waals surface area contributed by atoms with Crippen LogP contribution in [0.25, 0.3) is 99.5 Å². The van der Waals surface area contributed by atoms with Crippen molar-refractivity contribution in [3.63, 3.8) is 0 Å². The van der Waals surface area contributed by atoms with Crippen molar-refractivity contribution >= 4 is 54.3 Å². The molecule has 0 fully saturated rings. The van der Waals surface area contributed by atoms with E-state index in [0.29, 0.717) is 17.5 Å². The smallest absolute Gasteiger partial charge is 0.164 e. The van der Waals surface area contributed by atoms with Crippen LogP contribution < -0.4 is 0 Å². The SMILES string of the molecule is c1ccc(-c2nc(-c3cccc(-c4ccc5c(ccc6c7ccccc7ccc56)c4)c3)nc(-c3cccc4oc5ccccc5c34)n2)cc1. The highest BCUT2D eigenvalue weighted by Gasteiger charge is 2.18. The van der Waals surface area contributed by atoms with Gasteiger partial charge in [-0.15, -0.1) is 0 Å². The molecule has 2 aromatic heterocycles. The Morgan fingerprint density at radius 2 is 0.918 bits per heavy atom. The number of fused-ring (bicyclic) bond motifs is 8. The maximum atomic E-state index is 6.21. The van der Waals surface area contributed by atoms with Crippen LogP contribution in [0.2, 0.25) is 0 Å². The van der Waals surface area contributed by atoms with Gasteiger partial charge in [0.05, 0.1) is 0 Å². The number of benzene rings is 8. The molecule has 10 rings (SSSR count). The maximum Gasteiger partial charge on any atom is 0.164 e. The molecule has 10 aromatic rings. The first-order chi connectivity index (χ1) is 24.3. The predicted molar refractivity (Wildman–Crippen MR) is 201 cm³/mol. The first kappa shape index (κ1) is 27.5. The Kier molecular flexibility index (Phi) is 6.15. The Morgan fingerprint density at radius 3 is 1.80 bits per heavy atom. The van der Waals surface area contributed by atoms with E-state index in [1.807, 2.05) is 60.7 Å². The number of nitrogens with zero attached hydrogens (tertiary/aromatic N) is 3. The fraction of sp³-hybridized carbons (Fsp3) is 0. The predicted octanol–water partition coefficient (Wildman–Crippen LogP) is 11.9. The molecule has 0 aliphatic carbocycles. The van der Waals surface area contributed by atoms with Gasteiger partial charge in [-0.25, -0.2) is 15.0 Å². The summed E-state index contributed by atoms with van der Waals surface area (Å²) in [6, 6.07) is 57.0. The summed E-state index contributed by atoms with van der Waals surface area (Å²) in [6.07, 6.45) is 0. The van der Waals surface area contributed by atoms with Crippen molar-refractivity contribution in [3.8, 4) is 45.3 Å². The summed E-state index contributed by atoms with van der Waals surface area (Å²) < 4.78 is 6.21. The molecule has 0 atom stereocenters. The maximum absolute atomic E-state index is 6.21. The van der Waals surface area contributed by atoms with E-state index < -0.39 is 0 Å². The van der Waals surface area contributed by atoms with Crippen LogP contribution in [0.5, 0.6) is 0 Å². The molecule has 0 saturated heterocycles. The Balaban J connectivity index is 1.12. The molecule has 2 heterocycles. The van der Waals surface area contributed by atoms with E-state index in [2.05, 4.69) is 103 Å². The van der Waals surface area contributed by atoms with Gasteiger partial charge in [-0.1, -0.05) is 140 Å². The summed E-state index contributed by atoms with van der Waals surface area (Å²) in [7, 11) is 0. The van der Waals surface area contributed by atoms with E-state index in [1.165, 1.54) is 32.3 Å². The molecule has 0 radical (unpaired) electrons. The molecule has 0 spiro atoms. The standard InChI is InChI=1S/C45H27N3O/c1-2-11-29(12-3-1)43-46-44(48-45(47-43)39-17-9-19-41-42(39)38-16-6-7-18-40(38)49-41)33-14-8-13-30(27-33)31-21-23-35-32(26-31)22-25-36-34-15-5-4-10-28(34)20-24-37(35)36/h1-27H. The summed E-state index contributed by atoms with van der Waals surface area (Å²) in [5.74, 6) is 1.85. The third-order valence-electron chi connectivity index (χ3n) is 9.51. The molecule has 0 saturated carbocycles. The lowest BCUT2D eigenvalue weighted by Crippen LogP contribution is -2.00. The summed E-state index contributed by atoms with van der Waals surface area (Å²) in [5, 5.41) is 9.58. The second-order valence-electron chi connectivity index (χ2n) is 12.4. The lowest BCUT2D eigenvalue weighted by Gasteiger charge is -2.11. The lowest BCUT2D eigenvalue weighted by atomic mass is 9.94. The van der Waals surface area contributed by atoms with Crippen LogP contribution in [0.4, 0.5) is 0 Å². The van der Waals surface area contributed by atoms with E-state index in [0.717, 1.165) is 49.8 Å². The number of para-hydroxylation sites is 1. The Morgan fingerprint density at radius 1 is 0.327 bits per heavy atom. The van der Waals surface area contributed by atoms with Crippen molar-refractivity contribution in [2.75, 3.05) is 0 Å². The molecule has 4 heteroatoms. The fourth-order valence-electron chi connectivity index (χ4n) is 7.15. The molecule has 0 amide bonds. The molecule has 0 aliphatic rings. The van der Waals surface area contributed by atoms with Crippen LogP contribution in [0, 0.1) is 0 Å². The molecule has 0 N–H and O–H groups in total. The number of rotatable bonds is 4. The summed E-state index contributed by atoms with van der Waals surface area (Å²) in [6.45, 7) is 0. The van der Waals surface area contributed by atoms with Crippen LogP contribution in [-0.4, -0.2) is 15.0 Å². The second kappa shape index (κ2) is 11.0. The first-order valence-electron chi connectivity index (χ1n) is 16.4. The molecule has 228 valence electrons. The number of aromatic nitrogens is 3. The highest BCUT2D eigenvalue weighted by Crippen LogP contribution is 2.37. The molecule has 8 aromatic carbocycles. The van der Waals surface area contributed by atoms with Crippen molar-refractivity contribution in [2.45, 2.75) is 0 Å². The topological polar surface area (TPSA) is 51.8 Å². The number of hydrogen-bond donors (Lipinski definition) is 0. The van der Waals surface area contributed by atoms with Gasteiger partial charge in [-0.3, -0.25) is 0 Å². The fourth-order valence-corrected chi connectivity index (χ4v) is 7.15. The van der Waals surface area contributed by atoms with Crippen LogP contribution in [0.1, 0.15) is 0 Å². The normalized spacial score (nSPS) is 11.7. The molecule has 0 unspecified atom stereocenters. The van der Waals surface area contributed by atoms with Gasteiger partial charge in [0.25, 0.3) is 0 Å². The van der Waals surface area contributed by atoms with Crippen molar-refractivity contribution in [1.82, 2.24) is 15.0 Å². The molecular formula is C45H27N3O. The monoisotopic (exact) mass is 625 g/mol. The zero-order valence-corrected chi connectivity index (χ0v) is 26.3. The Bertz CT molecular complexity index is 2890. The number of hydrogen-bond acceptors (Lipinski definition) is 4. The molecule has 49 heavy (non-hydrogen) atoms. The van der Waals surface area contributed by atoms with E-state index in [-0.39, 0.29) is 0 Å².